The average Bonchev–Trinajstić information content (AvgIpc) is 2.69. The van der Waals surface area contributed by atoms with Gasteiger partial charge in [0.15, 0.2) is 11.5 Å². The normalized spacial score (nSPS) is 10.7. The van der Waals surface area contributed by atoms with Crippen LogP contribution < -0.4 is 14.8 Å². The van der Waals surface area contributed by atoms with E-state index in [9.17, 15) is 0 Å². The van der Waals surface area contributed by atoms with Gasteiger partial charge in [0.1, 0.15) is 6.61 Å². The highest BCUT2D eigenvalue weighted by Gasteiger charge is 2.12. The van der Waals surface area contributed by atoms with E-state index in [1.165, 1.54) is 0 Å². The Hall–Kier alpha value is -1.59. The van der Waals surface area contributed by atoms with Crippen molar-refractivity contribution in [3.05, 3.63) is 84.8 Å². The number of anilines is 1. The summed E-state index contributed by atoms with van der Waals surface area (Å²) in [7, 11) is 1.61. The van der Waals surface area contributed by atoms with Crippen LogP contribution in [0.15, 0.2) is 53.0 Å². The summed E-state index contributed by atoms with van der Waals surface area (Å²) in [6.07, 6.45) is 0. The van der Waals surface area contributed by atoms with Gasteiger partial charge in [-0.1, -0.05) is 62.9 Å². The largest absolute Gasteiger partial charge is 0.493 e. The number of nitrogens with one attached hydrogen (secondary N) is 1. The molecule has 0 heterocycles. The molecular formula is C22H19BrCl3NO2. The zero-order chi connectivity index (χ0) is 21.0. The molecule has 0 aromatic heterocycles. The summed E-state index contributed by atoms with van der Waals surface area (Å²) >= 11 is 22.0. The zero-order valence-corrected chi connectivity index (χ0v) is 19.7. The van der Waals surface area contributed by atoms with Crippen LogP contribution in [-0.4, -0.2) is 7.11 Å². The Labute approximate surface area is 194 Å². The molecule has 0 atom stereocenters. The summed E-state index contributed by atoms with van der Waals surface area (Å²) in [5.74, 6) is 1.25. The van der Waals surface area contributed by atoms with Crippen LogP contribution in [0.25, 0.3) is 0 Å². The van der Waals surface area contributed by atoms with Gasteiger partial charge in [0, 0.05) is 37.3 Å². The molecule has 7 heteroatoms. The first-order valence-electron chi connectivity index (χ1n) is 8.80. The van der Waals surface area contributed by atoms with Crippen molar-refractivity contribution < 1.29 is 9.47 Å². The average molecular weight is 516 g/mol. The Morgan fingerprint density at radius 2 is 1.69 bits per heavy atom. The molecule has 0 saturated carbocycles. The Kier molecular flexibility index (Phi) is 7.58. The van der Waals surface area contributed by atoms with Gasteiger partial charge in [-0.25, -0.2) is 0 Å². The van der Waals surface area contributed by atoms with E-state index in [4.69, 9.17) is 44.3 Å². The fourth-order valence-corrected chi connectivity index (χ4v) is 3.79. The Bertz CT molecular complexity index is 1030. The molecule has 29 heavy (non-hydrogen) atoms. The third-order valence-corrected chi connectivity index (χ3v) is 6.12. The molecule has 0 bridgehead atoms. The molecule has 0 spiro atoms. The summed E-state index contributed by atoms with van der Waals surface area (Å²) < 4.78 is 12.4. The Morgan fingerprint density at radius 1 is 0.897 bits per heavy atom. The Morgan fingerprint density at radius 3 is 2.38 bits per heavy atom. The number of halogens is 4. The topological polar surface area (TPSA) is 30.5 Å². The summed E-state index contributed by atoms with van der Waals surface area (Å²) in [5, 5.41) is 5.25. The van der Waals surface area contributed by atoms with E-state index < -0.39 is 0 Å². The lowest BCUT2D eigenvalue weighted by atomic mass is 10.1. The van der Waals surface area contributed by atoms with Gasteiger partial charge in [0.05, 0.1) is 7.11 Å². The highest BCUT2D eigenvalue weighted by Crippen LogP contribution is 2.35. The molecule has 1 N–H and O–H groups in total. The zero-order valence-electron chi connectivity index (χ0n) is 15.9. The molecule has 152 valence electrons. The van der Waals surface area contributed by atoms with Gasteiger partial charge in [-0.05, 0) is 54.4 Å². The fourth-order valence-electron chi connectivity index (χ4n) is 2.68. The van der Waals surface area contributed by atoms with Crippen LogP contribution >= 0.6 is 50.7 Å². The van der Waals surface area contributed by atoms with E-state index in [-0.39, 0.29) is 0 Å². The van der Waals surface area contributed by atoms with Crippen molar-refractivity contribution in [1.82, 2.24) is 0 Å². The summed E-state index contributed by atoms with van der Waals surface area (Å²) in [6, 6.07) is 15.0. The molecule has 0 fully saturated rings. The second-order valence-corrected chi connectivity index (χ2v) is 8.54. The van der Waals surface area contributed by atoms with E-state index in [0.717, 1.165) is 31.9 Å². The van der Waals surface area contributed by atoms with Crippen molar-refractivity contribution in [2.75, 3.05) is 12.4 Å². The van der Waals surface area contributed by atoms with Crippen LogP contribution in [0.5, 0.6) is 11.5 Å². The fraction of sp³-hybridized carbons (Fsp3) is 0.182. The van der Waals surface area contributed by atoms with Gasteiger partial charge in [-0.15, -0.1) is 0 Å². The van der Waals surface area contributed by atoms with Gasteiger partial charge < -0.3 is 14.8 Å². The monoisotopic (exact) mass is 513 g/mol. The predicted molar refractivity (Wildman–Crippen MR) is 125 cm³/mol. The predicted octanol–water partition coefficient (Wildman–Crippen LogP) is 7.92. The van der Waals surface area contributed by atoms with E-state index in [1.807, 2.05) is 43.3 Å². The third-order valence-electron chi connectivity index (χ3n) is 4.39. The third kappa shape index (κ3) is 5.73. The molecule has 0 unspecified atom stereocenters. The second kappa shape index (κ2) is 9.94. The minimum absolute atomic E-state index is 0.304. The van der Waals surface area contributed by atoms with Crippen LogP contribution in [-0.2, 0) is 13.2 Å². The lowest BCUT2D eigenvalue weighted by Gasteiger charge is -2.15. The van der Waals surface area contributed by atoms with E-state index in [1.54, 1.807) is 19.2 Å². The SMILES string of the molecule is COc1cc(CNc2ccc(C)c(Cl)c2)c(Br)cc1OCc1ccc(Cl)cc1Cl. The summed E-state index contributed by atoms with van der Waals surface area (Å²) in [5.41, 5.74) is 3.86. The maximum atomic E-state index is 6.22. The molecule has 3 nitrogen and oxygen atoms in total. The smallest absolute Gasteiger partial charge is 0.162 e. The standard InChI is InChI=1S/C22H19BrCl3NO2/c1-13-3-6-17(9-19(13)25)27-11-15-7-21(28-2)22(10-18(15)23)29-12-14-4-5-16(24)8-20(14)26/h3-10,27H,11-12H2,1-2H3. The number of benzene rings is 3. The van der Waals surface area contributed by atoms with Gasteiger partial charge in [0.2, 0.25) is 0 Å². The highest BCUT2D eigenvalue weighted by molar-refractivity contribution is 9.10. The van der Waals surface area contributed by atoms with Gasteiger partial charge in [0.25, 0.3) is 0 Å². The van der Waals surface area contributed by atoms with Crippen LogP contribution in [0.2, 0.25) is 15.1 Å². The maximum Gasteiger partial charge on any atom is 0.162 e. The number of aryl methyl sites for hydroxylation is 1. The summed E-state index contributed by atoms with van der Waals surface area (Å²) in [6.45, 7) is 2.88. The highest BCUT2D eigenvalue weighted by atomic mass is 79.9. The number of hydrogen-bond acceptors (Lipinski definition) is 3. The van der Waals surface area contributed by atoms with Crippen molar-refractivity contribution >= 4 is 56.4 Å². The van der Waals surface area contributed by atoms with Crippen molar-refractivity contribution in [1.29, 1.82) is 0 Å². The van der Waals surface area contributed by atoms with E-state index in [0.29, 0.717) is 34.7 Å². The van der Waals surface area contributed by atoms with Crippen LogP contribution in [0.4, 0.5) is 5.69 Å². The Balaban J connectivity index is 1.73. The lowest BCUT2D eigenvalue weighted by molar-refractivity contribution is 0.284. The van der Waals surface area contributed by atoms with Crippen molar-refractivity contribution in [2.45, 2.75) is 20.1 Å². The molecule has 3 rings (SSSR count). The number of rotatable bonds is 7. The van der Waals surface area contributed by atoms with Gasteiger partial charge >= 0.3 is 0 Å². The number of hydrogen-bond donors (Lipinski definition) is 1. The van der Waals surface area contributed by atoms with Crippen LogP contribution in [0.1, 0.15) is 16.7 Å². The van der Waals surface area contributed by atoms with Crippen molar-refractivity contribution in [3.63, 3.8) is 0 Å². The van der Waals surface area contributed by atoms with Gasteiger partial charge in [-0.3, -0.25) is 0 Å². The first-order chi connectivity index (χ1) is 13.9. The second-order valence-electron chi connectivity index (χ2n) is 6.44. The molecule has 0 aliphatic rings. The maximum absolute atomic E-state index is 6.22. The summed E-state index contributed by atoms with van der Waals surface area (Å²) in [4.78, 5) is 0. The molecular weight excluding hydrogens is 497 g/mol. The number of ether oxygens (including phenoxy) is 2. The quantitative estimate of drug-likeness (QED) is 0.347. The molecule has 0 radical (unpaired) electrons. The van der Waals surface area contributed by atoms with Crippen LogP contribution in [0.3, 0.4) is 0 Å². The van der Waals surface area contributed by atoms with Crippen molar-refractivity contribution in [3.8, 4) is 11.5 Å². The van der Waals surface area contributed by atoms with E-state index >= 15 is 0 Å². The van der Waals surface area contributed by atoms with Gasteiger partial charge in [-0.2, -0.15) is 0 Å². The molecule has 0 aliphatic heterocycles. The molecule has 0 aliphatic carbocycles. The minimum atomic E-state index is 0.304. The lowest BCUT2D eigenvalue weighted by Crippen LogP contribution is -2.03. The van der Waals surface area contributed by atoms with Crippen molar-refractivity contribution in [2.24, 2.45) is 0 Å². The molecule has 0 amide bonds. The first kappa shape index (κ1) is 22.1. The van der Waals surface area contributed by atoms with E-state index in [2.05, 4.69) is 21.2 Å². The first-order valence-corrected chi connectivity index (χ1v) is 10.7. The minimum Gasteiger partial charge on any atom is -0.493 e. The number of methoxy groups -OCH3 is 1. The van der Waals surface area contributed by atoms with Crippen LogP contribution in [0, 0.1) is 6.92 Å². The molecule has 3 aromatic carbocycles. The molecule has 3 aromatic rings. The molecule has 0 saturated heterocycles.